The van der Waals surface area contributed by atoms with E-state index in [-0.39, 0.29) is 19.1 Å². The number of phosphoric ester groups is 1. The van der Waals surface area contributed by atoms with Crippen molar-refractivity contribution in [2.24, 2.45) is 0 Å². The fourth-order valence-corrected chi connectivity index (χ4v) is 10.6. The molecule has 8 nitrogen and oxygen atoms in total. The average molecular weight is 1050 g/mol. The first-order valence-electron chi connectivity index (χ1n) is 32.2. The topological polar surface area (TPSA) is 105 Å². The predicted octanol–water partition coefficient (Wildman–Crippen LogP) is 19.9. The molecule has 0 aromatic rings. The number of nitrogens with zero attached hydrogens (tertiary/aromatic N) is 1. The van der Waals surface area contributed by atoms with E-state index in [4.69, 9.17) is 9.05 Å². The van der Waals surface area contributed by atoms with Gasteiger partial charge in [0.15, 0.2) is 0 Å². The van der Waals surface area contributed by atoms with E-state index < -0.39 is 20.0 Å². The Bertz CT molecular complexity index is 1240. The van der Waals surface area contributed by atoms with Crippen LogP contribution in [0.2, 0.25) is 0 Å². The minimum absolute atomic E-state index is 0.0637. The summed E-state index contributed by atoms with van der Waals surface area (Å²) in [7, 11) is 1.59. The number of carbonyl (C=O) groups is 1. The van der Waals surface area contributed by atoms with E-state index in [1.807, 2.05) is 27.2 Å². The molecular formula is C64H128N2O6P+. The Morgan fingerprint density at radius 3 is 1.05 bits per heavy atom. The van der Waals surface area contributed by atoms with Gasteiger partial charge >= 0.3 is 7.82 Å². The lowest BCUT2D eigenvalue weighted by atomic mass is 10.0. The van der Waals surface area contributed by atoms with E-state index in [2.05, 4.69) is 31.3 Å². The van der Waals surface area contributed by atoms with Gasteiger partial charge in [0.05, 0.1) is 39.9 Å². The number of likely N-dealkylation sites (N-methyl/N-ethyl adjacent to an activating group) is 1. The van der Waals surface area contributed by atoms with Crippen molar-refractivity contribution in [1.29, 1.82) is 0 Å². The average Bonchev–Trinajstić information content (AvgIpc) is 3.35. The lowest BCUT2D eigenvalue weighted by Crippen LogP contribution is -2.45. The van der Waals surface area contributed by atoms with Crippen LogP contribution in [0.25, 0.3) is 0 Å². The summed E-state index contributed by atoms with van der Waals surface area (Å²) in [6, 6.07) is -0.846. The highest BCUT2D eigenvalue weighted by molar-refractivity contribution is 7.47. The van der Waals surface area contributed by atoms with Gasteiger partial charge < -0.3 is 19.8 Å². The molecule has 0 fully saturated rings. The molecule has 0 radical (unpaired) electrons. The van der Waals surface area contributed by atoms with Crippen molar-refractivity contribution < 1.29 is 32.9 Å². The first-order valence-corrected chi connectivity index (χ1v) is 33.7. The molecule has 0 spiro atoms. The minimum atomic E-state index is -4.35. The van der Waals surface area contributed by atoms with Gasteiger partial charge in [-0.2, -0.15) is 0 Å². The first kappa shape index (κ1) is 72.0. The SMILES string of the molecule is CCCCCCCCCC/C=C\CCCCCCCCCCCCCCCC(=O)NC(COP(=O)(O)OCC[N+](C)(C)C)C(O)/C=C/CCCCCCCCCCCCCCCCCCCCCCCCCC. The highest BCUT2D eigenvalue weighted by Crippen LogP contribution is 2.43. The molecule has 434 valence electrons. The molecule has 3 unspecified atom stereocenters. The van der Waals surface area contributed by atoms with Gasteiger partial charge in [0.2, 0.25) is 5.91 Å². The Kier molecular flexibility index (Phi) is 54.9. The minimum Gasteiger partial charge on any atom is -0.387 e. The second-order valence-corrected chi connectivity index (χ2v) is 24.9. The van der Waals surface area contributed by atoms with Gasteiger partial charge in [-0.05, 0) is 44.9 Å². The number of hydrogen-bond donors (Lipinski definition) is 3. The summed E-state index contributed by atoms with van der Waals surface area (Å²) in [4.78, 5) is 23.4. The second-order valence-electron chi connectivity index (χ2n) is 23.5. The maximum Gasteiger partial charge on any atom is 0.472 e. The van der Waals surface area contributed by atoms with E-state index in [1.54, 1.807) is 6.08 Å². The van der Waals surface area contributed by atoms with Gasteiger partial charge in [-0.3, -0.25) is 13.8 Å². The summed E-state index contributed by atoms with van der Waals surface area (Å²) < 4.78 is 23.8. The van der Waals surface area contributed by atoms with Crippen molar-refractivity contribution in [2.75, 3.05) is 40.9 Å². The molecule has 1 amide bonds. The van der Waals surface area contributed by atoms with Crippen LogP contribution in [0.1, 0.15) is 328 Å². The molecule has 0 heterocycles. The van der Waals surface area contributed by atoms with E-state index in [9.17, 15) is 19.4 Å². The molecule has 0 aromatic heterocycles. The number of aliphatic hydroxyl groups excluding tert-OH is 1. The molecule has 0 aliphatic heterocycles. The first-order chi connectivity index (χ1) is 35.5. The normalized spacial score (nSPS) is 13.9. The number of amides is 1. The molecule has 73 heavy (non-hydrogen) atoms. The van der Waals surface area contributed by atoms with Gasteiger partial charge in [-0.1, -0.05) is 301 Å². The van der Waals surface area contributed by atoms with Gasteiger partial charge in [-0.15, -0.1) is 0 Å². The molecule has 0 aliphatic rings. The molecule has 0 bridgehead atoms. The molecule has 3 N–H and O–H groups in total. The number of rotatable bonds is 60. The standard InChI is InChI=1S/C64H127N2O6P/c1-6-8-10-12-14-16-18-20-22-24-26-28-30-32-34-35-37-39-41-43-45-47-49-51-53-55-57-63(67)62(61-72-73(69,70)71-60-59-66(3,4)5)65-64(68)58-56-54-52-50-48-46-44-42-40-38-36-33-31-29-27-25-23-21-19-17-15-13-11-9-7-2/h25,27,55,57,62-63,67H,6-24,26,28-54,56,58-61H2,1-5H3,(H-,65,68,69,70)/p+1/b27-25-,57-55+. The Balaban J connectivity index is 4.12. The fourth-order valence-electron chi connectivity index (χ4n) is 9.86. The Morgan fingerprint density at radius 2 is 0.740 bits per heavy atom. The van der Waals surface area contributed by atoms with Gasteiger partial charge in [0.25, 0.3) is 0 Å². The van der Waals surface area contributed by atoms with Crippen LogP contribution >= 0.6 is 7.82 Å². The van der Waals surface area contributed by atoms with Crippen molar-refractivity contribution in [3.63, 3.8) is 0 Å². The van der Waals surface area contributed by atoms with E-state index >= 15 is 0 Å². The Hall–Kier alpha value is -1.02. The number of hydrogen-bond acceptors (Lipinski definition) is 5. The van der Waals surface area contributed by atoms with Crippen LogP contribution in [0.5, 0.6) is 0 Å². The molecule has 0 aliphatic carbocycles. The number of aliphatic hydroxyl groups is 1. The number of quaternary nitrogens is 1. The number of nitrogens with one attached hydrogen (secondary N) is 1. The van der Waals surface area contributed by atoms with Crippen LogP contribution in [0, 0.1) is 0 Å². The number of allylic oxidation sites excluding steroid dienone is 3. The summed E-state index contributed by atoms with van der Waals surface area (Å²) in [5.74, 6) is -0.171. The van der Waals surface area contributed by atoms with Crippen molar-refractivity contribution in [1.82, 2.24) is 5.32 Å². The summed E-state index contributed by atoms with van der Waals surface area (Å²) in [5, 5.41) is 14.0. The van der Waals surface area contributed by atoms with Crippen LogP contribution in [0.15, 0.2) is 24.3 Å². The molecule has 0 saturated carbocycles. The fraction of sp³-hybridized carbons (Fsp3) is 0.922. The van der Waals surface area contributed by atoms with E-state index in [0.717, 1.165) is 32.1 Å². The largest absolute Gasteiger partial charge is 0.472 e. The predicted molar refractivity (Wildman–Crippen MR) is 318 cm³/mol. The smallest absolute Gasteiger partial charge is 0.387 e. The van der Waals surface area contributed by atoms with Crippen molar-refractivity contribution >= 4 is 13.7 Å². The number of carbonyl (C=O) groups excluding carboxylic acids is 1. The highest BCUT2D eigenvalue weighted by atomic mass is 31.2. The molecular weight excluding hydrogens is 924 g/mol. The maximum absolute atomic E-state index is 13.0. The second kappa shape index (κ2) is 55.7. The zero-order chi connectivity index (χ0) is 53.5. The lowest BCUT2D eigenvalue weighted by Gasteiger charge is -2.25. The monoisotopic (exact) mass is 1050 g/mol. The molecule has 0 rings (SSSR count). The molecule has 0 aromatic carbocycles. The van der Waals surface area contributed by atoms with Gasteiger partial charge in [0.1, 0.15) is 13.2 Å². The van der Waals surface area contributed by atoms with E-state index in [1.165, 1.54) is 276 Å². The van der Waals surface area contributed by atoms with Gasteiger partial charge in [-0.25, -0.2) is 4.57 Å². The van der Waals surface area contributed by atoms with E-state index in [0.29, 0.717) is 17.4 Å². The molecule has 3 atom stereocenters. The maximum atomic E-state index is 13.0. The van der Waals surface area contributed by atoms with Crippen LogP contribution < -0.4 is 5.32 Å². The van der Waals surface area contributed by atoms with Gasteiger partial charge in [0, 0.05) is 6.42 Å². The van der Waals surface area contributed by atoms with Crippen molar-refractivity contribution in [3.8, 4) is 0 Å². The van der Waals surface area contributed by atoms with Crippen molar-refractivity contribution in [2.45, 2.75) is 341 Å². The third kappa shape index (κ3) is 58.5. The zero-order valence-electron chi connectivity index (χ0n) is 49.7. The number of unbranched alkanes of at least 4 members (excludes halogenated alkanes) is 45. The van der Waals surface area contributed by atoms with Crippen molar-refractivity contribution in [3.05, 3.63) is 24.3 Å². The summed E-state index contributed by atoms with van der Waals surface area (Å²) in [6.07, 6.45) is 71.6. The third-order valence-corrected chi connectivity index (χ3v) is 15.9. The molecule has 9 heteroatoms. The quantitative estimate of drug-likeness (QED) is 0.0243. The summed E-state index contributed by atoms with van der Waals surface area (Å²) in [6.45, 7) is 4.87. The van der Waals surface area contributed by atoms with Crippen LogP contribution in [-0.4, -0.2) is 73.4 Å². The zero-order valence-corrected chi connectivity index (χ0v) is 50.5. The highest BCUT2D eigenvalue weighted by Gasteiger charge is 2.28. The lowest BCUT2D eigenvalue weighted by molar-refractivity contribution is -0.870. The molecule has 0 saturated heterocycles. The summed E-state index contributed by atoms with van der Waals surface area (Å²) >= 11 is 0. The van der Waals surface area contributed by atoms with Crippen LogP contribution in [0.3, 0.4) is 0 Å². The third-order valence-electron chi connectivity index (χ3n) is 14.9. The Labute approximate surface area is 455 Å². The Morgan fingerprint density at radius 1 is 0.452 bits per heavy atom. The number of phosphoric acid groups is 1. The van der Waals surface area contributed by atoms with Crippen LogP contribution in [0.4, 0.5) is 0 Å². The summed E-state index contributed by atoms with van der Waals surface area (Å²) in [5.41, 5.74) is 0. The van der Waals surface area contributed by atoms with Crippen LogP contribution in [-0.2, 0) is 18.4 Å².